The fourth-order valence-electron chi connectivity index (χ4n) is 2.23. The third kappa shape index (κ3) is 1.75. The van der Waals surface area contributed by atoms with Gasteiger partial charge >= 0.3 is 0 Å². The smallest absolute Gasteiger partial charge is 0.244 e. The van der Waals surface area contributed by atoms with E-state index in [9.17, 15) is 0 Å². The Morgan fingerprint density at radius 2 is 2.37 bits per heavy atom. The fraction of sp³-hybridized carbons (Fsp3) is 0.250. The molecule has 0 aromatic carbocycles. The first-order chi connectivity index (χ1) is 9.40. The van der Waals surface area contributed by atoms with Crippen LogP contribution in [0.3, 0.4) is 0 Å². The lowest BCUT2D eigenvalue weighted by Gasteiger charge is -2.19. The van der Waals surface area contributed by atoms with E-state index in [1.807, 2.05) is 0 Å². The van der Waals surface area contributed by atoms with Crippen LogP contribution in [-0.4, -0.2) is 20.1 Å². The Balaban J connectivity index is 1.61. The maximum absolute atomic E-state index is 5.30. The lowest BCUT2D eigenvalue weighted by atomic mass is 10.1. The maximum atomic E-state index is 5.30. The number of hydrogen-bond acceptors (Lipinski definition) is 6. The van der Waals surface area contributed by atoms with Crippen LogP contribution in [0.5, 0.6) is 0 Å². The maximum Gasteiger partial charge on any atom is 0.244 e. The van der Waals surface area contributed by atoms with Crippen LogP contribution in [0.25, 0.3) is 11.6 Å². The van der Waals surface area contributed by atoms with Gasteiger partial charge in [-0.15, -0.1) is 0 Å². The van der Waals surface area contributed by atoms with Crippen LogP contribution in [0.1, 0.15) is 23.3 Å². The summed E-state index contributed by atoms with van der Waals surface area (Å²) in [5.41, 5.74) is 2.16. The second kappa shape index (κ2) is 4.06. The van der Waals surface area contributed by atoms with Gasteiger partial charge in [-0.1, -0.05) is 5.16 Å². The van der Waals surface area contributed by atoms with E-state index in [0.29, 0.717) is 17.5 Å². The number of rotatable bonds is 2. The number of furan rings is 1. The molecule has 7 nitrogen and oxygen atoms in total. The van der Waals surface area contributed by atoms with Gasteiger partial charge in [-0.05, 0) is 12.1 Å². The molecule has 4 rings (SSSR count). The monoisotopic (exact) mass is 257 g/mol. The summed E-state index contributed by atoms with van der Waals surface area (Å²) in [6, 6.07) is 3.58. The Hall–Kier alpha value is -2.41. The van der Waals surface area contributed by atoms with Crippen LogP contribution >= 0.6 is 0 Å². The fourth-order valence-corrected chi connectivity index (χ4v) is 2.23. The minimum Gasteiger partial charge on any atom is -0.461 e. The van der Waals surface area contributed by atoms with Crippen molar-refractivity contribution in [3.63, 3.8) is 0 Å². The molecule has 3 aromatic heterocycles. The summed E-state index contributed by atoms with van der Waals surface area (Å²) in [4.78, 5) is 11.7. The van der Waals surface area contributed by atoms with Crippen LogP contribution in [0.2, 0.25) is 0 Å². The van der Waals surface area contributed by atoms with E-state index < -0.39 is 0 Å². The number of nitrogens with zero attached hydrogens (tertiary/aromatic N) is 3. The summed E-state index contributed by atoms with van der Waals surface area (Å²) in [5, 5.41) is 7.27. The molecule has 0 fully saturated rings. The standard InChI is InChI=1S/C12H11N5O2/c1-2-10(18-3-1)11-16-12(19-17-11)8-4-7-9(5-13-8)15-6-14-7/h1-3,6,8,13H,4-5H2,(H,14,15). The number of aromatic amines is 1. The summed E-state index contributed by atoms with van der Waals surface area (Å²) in [6.45, 7) is 0.721. The number of fused-ring (bicyclic) bond motifs is 1. The van der Waals surface area contributed by atoms with Crippen LogP contribution < -0.4 is 5.32 Å². The van der Waals surface area contributed by atoms with Gasteiger partial charge in [0.1, 0.15) is 0 Å². The summed E-state index contributed by atoms with van der Waals surface area (Å²) in [5.74, 6) is 1.63. The van der Waals surface area contributed by atoms with Gasteiger partial charge in [-0.2, -0.15) is 4.98 Å². The second-order valence-corrected chi connectivity index (χ2v) is 4.40. The van der Waals surface area contributed by atoms with Gasteiger partial charge in [-0.25, -0.2) is 4.98 Å². The first-order valence-electron chi connectivity index (χ1n) is 6.02. The van der Waals surface area contributed by atoms with Crippen molar-refractivity contribution in [1.29, 1.82) is 0 Å². The predicted octanol–water partition coefficient (Wildman–Crippen LogP) is 1.44. The molecule has 0 saturated heterocycles. The minimum atomic E-state index is -0.00740. The molecule has 19 heavy (non-hydrogen) atoms. The Morgan fingerprint density at radius 1 is 1.37 bits per heavy atom. The van der Waals surface area contributed by atoms with Gasteiger partial charge in [0.05, 0.1) is 30.0 Å². The Labute approximate surface area is 108 Å². The van der Waals surface area contributed by atoms with E-state index in [-0.39, 0.29) is 6.04 Å². The Kier molecular flexibility index (Phi) is 2.25. The summed E-state index contributed by atoms with van der Waals surface area (Å²) >= 11 is 0. The first kappa shape index (κ1) is 10.5. The van der Waals surface area contributed by atoms with Crippen LogP contribution in [0, 0.1) is 0 Å². The largest absolute Gasteiger partial charge is 0.461 e. The molecular weight excluding hydrogens is 246 g/mol. The average molecular weight is 257 g/mol. The van der Waals surface area contributed by atoms with Crippen molar-refractivity contribution in [1.82, 2.24) is 25.4 Å². The zero-order chi connectivity index (χ0) is 12.7. The lowest BCUT2D eigenvalue weighted by Crippen LogP contribution is -2.28. The molecule has 2 N–H and O–H groups in total. The summed E-state index contributed by atoms with van der Waals surface area (Å²) in [7, 11) is 0. The molecular formula is C12H11N5O2. The highest BCUT2D eigenvalue weighted by Crippen LogP contribution is 2.24. The van der Waals surface area contributed by atoms with Crippen LogP contribution in [-0.2, 0) is 13.0 Å². The lowest BCUT2D eigenvalue weighted by molar-refractivity contribution is 0.319. The van der Waals surface area contributed by atoms with Gasteiger partial charge in [0.2, 0.25) is 11.7 Å². The molecule has 96 valence electrons. The van der Waals surface area contributed by atoms with Gasteiger partial charge in [0.25, 0.3) is 0 Å². The quantitative estimate of drug-likeness (QED) is 0.721. The van der Waals surface area contributed by atoms with Crippen molar-refractivity contribution >= 4 is 0 Å². The highest BCUT2D eigenvalue weighted by Gasteiger charge is 2.26. The van der Waals surface area contributed by atoms with E-state index in [0.717, 1.165) is 24.4 Å². The first-order valence-corrected chi connectivity index (χ1v) is 6.02. The second-order valence-electron chi connectivity index (χ2n) is 4.40. The van der Waals surface area contributed by atoms with Gasteiger partial charge in [0.15, 0.2) is 5.76 Å². The molecule has 0 amide bonds. The van der Waals surface area contributed by atoms with Crippen LogP contribution in [0.4, 0.5) is 0 Å². The van der Waals surface area contributed by atoms with Crippen molar-refractivity contribution in [2.45, 2.75) is 19.0 Å². The number of nitrogens with one attached hydrogen (secondary N) is 2. The topological polar surface area (TPSA) is 92.8 Å². The summed E-state index contributed by atoms with van der Waals surface area (Å²) < 4.78 is 10.5. The van der Waals surface area contributed by atoms with Gasteiger partial charge < -0.3 is 13.9 Å². The highest BCUT2D eigenvalue weighted by atomic mass is 16.5. The van der Waals surface area contributed by atoms with E-state index >= 15 is 0 Å². The molecule has 0 radical (unpaired) electrons. The number of imidazole rings is 1. The zero-order valence-electron chi connectivity index (χ0n) is 9.96. The van der Waals surface area contributed by atoms with E-state index in [4.69, 9.17) is 8.94 Å². The molecule has 0 saturated carbocycles. The average Bonchev–Trinajstić information content (AvgIpc) is 3.18. The van der Waals surface area contributed by atoms with E-state index in [2.05, 4.69) is 25.4 Å². The molecule has 1 unspecified atom stereocenters. The SMILES string of the molecule is c1coc(-c2noc(C3Cc4nc[nH]c4CN3)n2)c1. The number of aromatic nitrogens is 4. The van der Waals surface area contributed by atoms with E-state index in [1.54, 1.807) is 24.7 Å². The zero-order valence-corrected chi connectivity index (χ0v) is 9.96. The molecule has 3 aromatic rings. The van der Waals surface area contributed by atoms with Gasteiger partial charge in [0, 0.05) is 13.0 Å². The van der Waals surface area contributed by atoms with Crippen molar-refractivity contribution in [2.75, 3.05) is 0 Å². The van der Waals surface area contributed by atoms with Crippen molar-refractivity contribution in [3.05, 3.63) is 42.0 Å². The van der Waals surface area contributed by atoms with Crippen LogP contribution in [0.15, 0.2) is 33.7 Å². The predicted molar refractivity (Wildman–Crippen MR) is 63.9 cm³/mol. The molecule has 4 heterocycles. The molecule has 1 aliphatic rings. The highest BCUT2D eigenvalue weighted by molar-refractivity contribution is 5.44. The molecule has 0 aliphatic carbocycles. The Bertz CT molecular complexity index is 685. The minimum absolute atomic E-state index is 0.00740. The van der Waals surface area contributed by atoms with E-state index in [1.165, 1.54) is 0 Å². The number of hydrogen-bond donors (Lipinski definition) is 2. The van der Waals surface area contributed by atoms with Crippen molar-refractivity contribution < 1.29 is 8.94 Å². The molecule has 7 heteroatoms. The molecule has 0 bridgehead atoms. The number of H-pyrrole nitrogens is 1. The van der Waals surface area contributed by atoms with Crippen molar-refractivity contribution in [2.24, 2.45) is 0 Å². The molecule has 1 atom stereocenters. The van der Waals surface area contributed by atoms with Gasteiger partial charge in [-0.3, -0.25) is 5.32 Å². The normalized spacial score (nSPS) is 18.4. The van der Waals surface area contributed by atoms with Crippen molar-refractivity contribution in [3.8, 4) is 11.6 Å². The third-order valence-corrected chi connectivity index (χ3v) is 3.21. The molecule has 1 aliphatic heterocycles. The molecule has 0 spiro atoms. The third-order valence-electron chi connectivity index (χ3n) is 3.21. The summed E-state index contributed by atoms with van der Waals surface area (Å²) in [6.07, 6.45) is 4.02. The Morgan fingerprint density at radius 3 is 3.26 bits per heavy atom.